The Labute approximate surface area is 175 Å². The van der Waals surface area contributed by atoms with Crippen molar-refractivity contribution in [2.75, 3.05) is 25.1 Å². The molecule has 8 nitrogen and oxygen atoms in total. The molecule has 8 heteroatoms. The van der Waals surface area contributed by atoms with Gasteiger partial charge in [-0.05, 0) is 49.3 Å². The summed E-state index contributed by atoms with van der Waals surface area (Å²) in [6.45, 7) is 3.66. The zero-order chi connectivity index (χ0) is 20.7. The van der Waals surface area contributed by atoms with Crippen molar-refractivity contribution in [1.29, 1.82) is 0 Å². The highest BCUT2D eigenvalue weighted by Crippen LogP contribution is 2.56. The SMILES string of the molecule is COc1cncc(C(C)NC(=O)C2CCN(c3ncnc4[nH]ccc34)CC23CC3)c1. The summed E-state index contributed by atoms with van der Waals surface area (Å²) in [6, 6.07) is 3.83. The normalized spacial score (nSPS) is 20.9. The third-order valence-electron chi connectivity index (χ3n) is 6.60. The largest absolute Gasteiger partial charge is 0.495 e. The minimum Gasteiger partial charge on any atom is -0.495 e. The van der Waals surface area contributed by atoms with Crippen molar-refractivity contribution in [3.8, 4) is 5.75 Å². The molecule has 1 spiro atoms. The van der Waals surface area contributed by atoms with Gasteiger partial charge in [-0.25, -0.2) is 9.97 Å². The third kappa shape index (κ3) is 3.26. The van der Waals surface area contributed by atoms with Gasteiger partial charge in [0, 0.05) is 31.4 Å². The van der Waals surface area contributed by atoms with Crippen LogP contribution >= 0.6 is 0 Å². The smallest absolute Gasteiger partial charge is 0.224 e. The summed E-state index contributed by atoms with van der Waals surface area (Å²) in [6.07, 6.45) is 9.93. The number of pyridine rings is 1. The first-order valence-electron chi connectivity index (χ1n) is 10.4. The van der Waals surface area contributed by atoms with Crippen molar-refractivity contribution in [3.05, 3.63) is 42.6 Å². The number of amides is 1. The zero-order valence-corrected chi connectivity index (χ0v) is 17.3. The van der Waals surface area contributed by atoms with E-state index in [0.717, 1.165) is 54.8 Å². The molecule has 2 aliphatic rings. The summed E-state index contributed by atoms with van der Waals surface area (Å²) in [5.74, 6) is 1.82. The molecule has 1 saturated heterocycles. The average Bonchev–Trinajstić information content (AvgIpc) is 3.34. The molecule has 2 fully saturated rings. The lowest BCUT2D eigenvalue weighted by Gasteiger charge is -2.39. The number of hydrogen-bond donors (Lipinski definition) is 2. The van der Waals surface area contributed by atoms with Crippen molar-refractivity contribution in [2.45, 2.75) is 32.2 Å². The number of nitrogens with zero attached hydrogens (tertiary/aromatic N) is 4. The highest BCUT2D eigenvalue weighted by atomic mass is 16.5. The van der Waals surface area contributed by atoms with E-state index in [2.05, 4.69) is 30.2 Å². The standard InChI is InChI=1S/C22H26N6O2/c1-14(15-9-16(30-2)11-23-10-15)27-21(29)18-4-8-28(12-22(18)5-6-22)20-17-3-7-24-19(17)25-13-26-20/h3,7,9-11,13-14,18H,4-6,8,12H2,1-2H3,(H,27,29)(H,24,25,26). The number of fused-ring (bicyclic) bond motifs is 1. The molecule has 1 saturated carbocycles. The molecule has 30 heavy (non-hydrogen) atoms. The second-order valence-electron chi connectivity index (χ2n) is 8.45. The highest BCUT2D eigenvalue weighted by molar-refractivity contribution is 5.88. The number of ether oxygens (including phenoxy) is 1. The molecular weight excluding hydrogens is 380 g/mol. The number of methoxy groups -OCH3 is 1. The summed E-state index contributed by atoms with van der Waals surface area (Å²) in [4.78, 5) is 31.7. The van der Waals surface area contributed by atoms with Crippen LogP contribution in [-0.2, 0) is 4.79 Å². The Bertz CT molecular complexity index is 1080. The maximum absolute atomic E-state index is 13.2. The predicted octanol–water partition coefficient (Wildman–Crippen LogP) is 2.85. The average molecular weight is 406 g/mol. The summed E-state index contributed by atoms with van der Waals surface area (Å²) in [5, 5.41) is 4.25. The fraction of sp³-hybridized carbons (Fsp3) is 0.455. The number of rotatable bonds is 5. The molecule has 2 N–H and O–H groups in total. The van der Waals surface area contributed by atoms with Crippen LogP contribution < -0.4 is 15.0 Å². The van der Waals surface area contributed by atoms with Crippen LogP contribution in [0.1, 0.15) is 37.8 Å². The Morgan fingerprint density at radius 1 is 1.37 bits per heavy atom. The van der Waals surface area contributed by atoms with Gasteiger partial charge in [0.05, 0.1) is 24.7 Å². The van der Waals surface area contributed by atoms with Crippen LogP contribution in [0.15, 0.2) is 37.1 Å². The van der Waals surface area contributed by atoms with E-state index in [1.807, 2.05) is 25.3 Å². The lowest BCUT2D eigenvalue weighted by Crippen LogP contribution is -2.48. The quantitative estimate of drug-likeness (QED) is 0.676. The topological polar surface area (TPSA) is 96.0 Å². The molecule has 1 aliphatic carbocycles. The fourth-order valence-corrected chi connectivity index (χ4v) is 4.71. The van der Waals surface area contributed by atoms with Crippen LogP contribution in [0.25, 0.3) is 11.0 Å². The van der Waals surface area contributed by atoms with Crippen molar-refractivity contribution in [2.24, 2.45) is 11.3 Å². The second-order valence-corrected chi connectivity index (χ2v) is 8.45. The van der Waals surface area contributed by atoms with E-state index in [9.17, 15) is 4.79 Å². The van der Waals surface area contributed by atoms with Crippen LogP contribution in [0.3, 0.4) is 0 Å². The molecule has 2 unspecified atom stereocenters. The first-order chi connectivity index (χ1) is 14.6. The molecule has 156 valence electrons. The summed E-state index contributed by atoms with van der Waals surface area (Å²) < 4.78 is 5.25. The molecule has 0 radical (unpaired) electrons. The van der Waals surface area contributed by atoms with E-state index in [-0.39, 0.29) is 23.3 Å². The predicted molar refractivity (Wildman–Crippen MR) is 113 cm³/mol. The van der Waals surface area contributed by atoms with Gasteiger partial charge in [-0.15, -0.1) is 0 Å². The lowest BCUT2D eigenvalue weighted by molar-refractivity contribution is -0.128. The van der Waals surface area contributed by atoms with Crippen LogP contribution in [0, 0.1) is 11.3 Å². The summed E-state index contributed by atoms with van der Waals surface area (Å²) in [5.41, 5.74) is 1.84. The number of carbonyl (C=O) groups excluding carboxylic acids is 1. The Morgan fingerprint density at radius 3 is 3.03 bits per heavy atom. The molecule has 2 atom stereocenters. The molecular formula is C22H26N6O2. The Kier molecular flexibility index (Phi) is 4.56. The van der Waals surface area contributed by atoms with E-state index < -0.39 is 0 Å². The minimum atomic E-state index is -0.115. The molecule has 5 rings (SSSR count). The van der Waals surface area contributed by atoms with Gasteiger partial charge in [-0.2, -0.15) is 0 Å². The highest BCUT2D eigenvalue weighted by Gasteiger charge is 2.55. The van der Waals surface area contributed by atoms with Gasteiger partial charge < -0.3 is 19.9 Å². The van der Waals surface area contributed by atoms with E-state index in [1.54, 1.807) is 25.8 Å². The maximum atomic E-state index is 13.2. The number of carbonyl (C=O) groups is 1. The number of piperidine rings is 1. The maximum Gasteiger partial charge on any atom is 0.224 e. The second kappa shape index (κ2) is 7.27. The van der Waals surface area contributed by atoms with Crippen molar-refractivity contribution in [3.63, 3.8) is 0 Å². The number of aromatic amines is 1. The molecule has 1 amide bonds. The van der Waals surface area contributed by atoms with Crippen LogP contribution in [0.4, 0.5) is 5.82 Å². The molecule has 0 aromatic carbocycles. The van der Waals surface area contributed by atoms with E-state index in [4.69, 9.17) is 4.74 Å². The number of H-pyrrole nitrogens is 1. The van der Waals surface area contributed by atoms with Gasteiger partial charge >= 0.3 is 0 Å². The first kappa shape index (κ1) is 18.8. The Hall–Kier alpha value is -3.16. The number of anilines is 1. The Balaban J connectivity index is 1.30. The van der Waals surface area contributed by atoms with Crippen LogP contribution in [0.2, 0.25) is 0 Å². The lowest BCUT2D eigenvalue weighted by atomic mass is 9.81. The molecule has 3 aromatic rings. The molecule has 0 bridgehead atoms. The number of aromatic nitrogens is 4. The van der Waals surface area contributed by atoms with Gasteiger partial charge in [-0.1, -0.05) is 0 Å². The Morgan fingerprint density at radius 2 is 2.23 bits per heavy atom. The first-order valence-corrected chi connectivity index (χ1v) is 10.4. The van der Waals surface area contributed by atoms with Crippen molar-refractivity contribution >= 4 is 22.8 Å². The number of hydrogen-bond acceptors (Lipinski definition) is 6. The number of nitrogens with one attached hydrogen (secondary N) is 2. The molecule has 3 aromatic heterocycles. The van der Waals surface area contributed by atoms with Gasteiger partial charge in [0.25, 0.3) is 0 Å². The molecule has 1 aliphatic heterocycles. The summed E-state index contributed by atoms with van der Waals surface area (Å²) >= 11 is 0. The summed E-state index contributed by atoms with van der Waals surface area (Å²) in [7, 11) is 1.62. The monoisotopic (exact) mass is 406 g/mol. The van der Waals surface area contributed by atoms with Gasteiger partial charge in [-0.3, -0.25) is 9.78 Å². The third-order valence-corrected chi connectivity index (χ3v) is 6.60. The van der Waals surface area contributed by atoms with Gasteiger partial charge in [0.1, 0.15) is 23.5 Å². The van der Waals surface area contributed by atoms with Gasteiger partial charge in [0.2, 0.25) is 5.91 Å². The minimum absolute atomic E-state index is 0.0262. The van der Waals surface area contributed by atoms with Crippen LogP contribution in [0.5, 0.6) is 5.75 Å². The zero-order valence-electron chi connectivity index (χ0n) is 17.3. The van der Waals surface area contributed by atoms with Crippen molar-refractivity contribution in [1.82, 2.24) is 25.3 Å². The van der Waals surface area contributed by atoms with Gasteiger partial charge in [0.15, 0.2) is 0 Å². The van der Waals surface area contributed by atoms with Crippen molar-refractivity contribution < 1.29 is 9.53 Å². The van der Waals surface area contributed by atoms with E-state index in [0.29, 0.717) is 5.75 Å². The van der Waals surface area contributed by atoms with E-state index >= 15 is 0 Å². The van der Waals surface area contributed by atoms with Crippen LogP contribution in [-0.4, -0.2) is 46.0 Å². The fourth-order valence-electron chi connectivity index (χ4n) is 4.71. The van der Waals surface area contributed by atoms with E-state index in [1.165, 1.54) is 0 Å². The molecule has 4 heterocycles.